The summed E-state index contributed by atoms with van der Waals surface area (Å²) in [5.74, 6) is 0.0221. The van der Waals surface area contributed by atoms with Gasteiger partial charge < -0.3 is 10.1 Å². The number of nitrogens with zero attached hydrogens (tertiary/aromatic N) is 1. The molecule has 0 saturated heterocycles. The van der Waals surface area contributed by atoms with E-state index in [-0.39, 0.29) is 17.5 Å². The Kier molecular flexibility index (Phi) is 5.27. The molecular weight excluding hydrogens is 358 g/mol. The molecule has 1 aromatic heterocycles. The molecular formula is C19H15F2N2O2S. The maximum Gasteiger partial charge on any atom is 0.232 e. The number of carbonyl (C=O) groups is 1. The van der Waals surface area contributed by atoms with E-state index in [1.165, 1.54) is 36.4 Å². The van der Waals surface area contributed by atoms with Crippen LogP contribution in [0.2, 0.25) is 0 Å². The normalized spacial score (nSPS) is 10.8. The summed E-state index contributed by atoms with van der Waals surface area (Å²) in [5.41, 5.74) is 1.10. The average Bonchev–Trinajstić information content (AvgIpc) is 2.99. The molecule has 0 aliphatic rings. The van der Waals surface area contributed by atoms with E-state index < -0.39 is 0 Å². The maximum atomic E-state index is 13.2. The van der Waals surface area contributed by atoms with Crippen LogP contribution in [0.15, 0.2) is 48.5 Å². The Morgan fingerprint density at radius 2 is 1.58 bits per heavy atom. The molecule has 0 unspecified atom stereocenters. The molecule has 1 heterocycles. The quantitative estimate of drug-likeness (QED) is 0.648. The van der Waals surface area contributed by atoms with E-state index in [4.69, 9.17) is 4.74 Å². The number of thiazole rings is 1. The second-order valence-electron chi connectivity index (χ2n) is 5.67. The van der Waals surface area contributed by atoms with Gasteiger partial charge in [0.2, 0.25) is 11.0 Å². The molecule has 2 aromatic carbocycles. The van der Waals surface area contributed by atoms with Crippen LogP contribution >= 0.6 is 11.3 Å². The number of nitrogens with one attached hydrogen (secondary N) is 1. The van der Waals surface area contributed by atoms with E-state index in [0.29, 0.717) is 33.1 Å². The topological polar surface area (TPSA) is 51.2 Å². The Morgan fingerprint density at radius 3 is 2.15 bits per heavy atom. The minimum Gasteiger partial charge on any atom is -0.444 e. The Balaban J connectivity index is 1.96. The third kappa shape index (κ3) is 4.23. The largest absolute Gasteiger partial charge is 0.444 e. The standard InChI is InChI=1S/C19H15F2N2O2S/c1-11(2)17(24)23-19-22-16(12-3-5-13(20)6-4-12)18(26-19)25-15-9-7-14(21)8-10-15/h3-10H,1-2H3,(H,22,23,24). The van der Waals surface area contributed by atoms with Crippen LogP contribution in [0.25, 0.3) is 11.3 Å². The fraction of sp³-hybridized carbons (Fsp3) is 0.105. The molecule has 1 radical (unpaired) electrons. The highest BCUT2D eigenvalue weighted by atomic mass is 32.1. The molecule has 0 aliphatic carbocycles. The second-order valence-corrected chi connectivity index (χ2v) is 6.63. The summed E-state index contributed by atoms with van der Waals surface area (Å²) < 4.78 is 32.1. The van der Waals surface area contributed by atoms with Gasteiger partial charge in [-0.3, -0.25) is 4.79 Å². The van der Waals surface area contributed by atoms with Crippen LogP contribution in [0, 0.1) is 17.6 Å². The number of rotatable bonds is 5. The molecule has 4 nitrogen and oxygen atoms in total. The van der Waals surface area contributed by atoms with Crippen molar-refractivity contribution in [2.45, 2.75) is 13.8 Å². The zero-order valence-corrected chi connectivity index (χ0v) is 14.9. The van der Waals surface area contributed by atoms with Gasteiger partial charge in [-0.2, -0.15) is 0 Å². The molecule has 0 bridgehead atoms. The Morgan fingerprint density at radius 1 is 1.00 bits per heavy atom. The van der Waals surface area contributed by atoms with Crippen LogP contribution in [0.4, 0.5) is 13.9 Å². The highest BCUT2D eigenvalue weighted by Gasteiger charge is 2.18. The van der Waals surface area contributed by atoms with Crippen molar-refractivity contribution < 1.29 is 18.3 Å². The number of hydrogen-bond acceptors (Lipinski definition) is 4. The summed E-state index contributed by atoms with van der Waals surface area (Å²) in [6.45, 7) is 3.39. The summed E-state index contributed by atoms with van der Waals surface area (Å²) in [6, 6.07) is 11.3. The number of aromatic nitrogens is 1. The number of amides is 1. The van der Waals surface area contributed by atoms with E-state index in [1.807, 2.05) is 0 Å². The first-order valence-corrected chi connectivity index (χ1v) is 8.56. The summed E-state index contributed by atoms with van der Waals surface area (Å²) in [5, 5.41) is 3.46. The lowest BCUT2D eigenvalue weighted by Crippen LogP contribution is -2.15. The maximum absolute atomic E-state index is 13.2. The van der Waals surface area contributed by atoms with Gasteiger partial charge in [0.1, 0.15) is 23.1 Å². The molecule has 133 valence electrons. The predicted molar refractivity (Wildman–Crippen MR) is 97.2 cm³/mol. The van der Waals surface area contributed by atoms with E-state index >= 15 is 0 Å². The monoisotopic (exact) mass is 373 g/mol. The van der Waals surface area contributed by atoms with Crippen LogP contribution in [-0.2, 0) is 4.79 Å². The molecule has 0 spiro atoms. The number of carbonyl (C=O) groups excluding carboxylic acids is 1. The molecule has 3 rings (SSSR count). The van der Waals surface area contributed by atoms with Gasteiger partial charge in [0.05, 0.1) is 5.92 Å². The van der Waals surface area contributed by atoms with Crippen molar-refractivity contribution >= 4 is 22.4 Å². The molecule has 1 N–H and O–H groups in total. The average molecular weight is 373 g/mol. The molecule has 7 heteroatoms. The minimum atomic E-state index is -0.373. The van der Waals surface area contributed by atoms with Gasteiger partial charge in [0.25, 0.3) is 0 Å². The summed E-state index contributed by atoms with van der Waals surface area (Å²) in [6.07, 6.45) is 0. The van der Waals surface area contributed by atoms with Crippen molar-refractivity contribution in [1.82, 2.24) is 4.98 Å². The number of hydrogen-bond donors (Lipinski definition) is 1. The van der Waals surface area contributed by atoms with Crippen molar-refractivity contribution in [2.24, 2.45) is 0 Å². The zero-order valence-electron chi connectivity index (χ0n) is 14.0. The zero-order chi connectivity index (χ0) is 18.7. The van der Waals surface area contributed by atoms with E-state index in [0.717, 1.165) is 11.3 Å². The molecule has 0 fully saturated rings. The summed E-state index contributed by atoms with van der Waals surface area (Å²) >= 11 is 1.14. The van der Waals surface area contributed by atoms with Crippen LogP contribution in [0.1, 0.15) is 13.8 Å². The van der Waals surface area contributed by atoms with Crippen molar-refractivity contribution in [3.63, 3.8) is 0 Å². The van der Waals surface area contributed by atoms with Crippen LogP contribution < -0.4 is 10.1 Å². The van der Waals surface area contributed by atoms with Gasteiger partial charge in [0.15, 0.2) is 5.13 Å². The van der Waals surface area contributed by atoms with Crippen LogP contribution in [-0.4, -0.2) is 10.9 Å². The van der Waals surface area contributed by atoms with E-state index in [1.54, 1.807) is 26.0 Å². The molecule has 3 aromatic rings. The number of benzene rings is 2. The highest BCUT2D eigenvalue weighted by molar-refractivity contribution is 7.18. The third-order valence-electron chi connectivity index (χ3n) is 3.41. The molecule has 0 aliphatic heterocycles. The first-order valence-electron chi connectivity index (χ1n) is 7.74. The van der Waals surface area contributed by atoms with Crippen LogP contribution in [0.3, 0.4) is 0 Å². The summed E-state index contributed by atoms with van der Waals surface area (Å²) in [4.78, 5) is 16.3. The summed E-state index contributed by atoms with van der Waals surface area (Å²) in [7, 11) is 0. The van der Waals surface area contributed by atoms with Crippen molar-refractivity contribution in [1.29, 1.82) is 0 Å². The first kappa shape index (κ1) is 18.0. The minimum absolute atomic E-state index is 0.252. The fourth-order valence-electron chi connectivity index (χ4n) is 2.05. The van der Waals surface area contributed by atoms with Crippen LogP contribution in [0.5, 0.6) is 10.8 Å². The second kappa shape index (κ2) is 7.61. The number of anilines is 1. The van der Waals surface area contributed by atoms with Gasteiger partial charge in [-0.05, 0) is 62.4 Å². The number of halogens is 2. The van der Waals surface area contributed by atoms with Crippen molar-refractivity contribution in [2.75, 3.05) is 5.32 Å². The lowest BCUT2D eigenvalue weighted by atomic mass is 10.2. The van der Waals surface area contributed by atoms with E-state index in [9.17, 15) is 13.6 Å². The predicted octanol–water partition coefficient (Wildman–Crippen LogP) is 5.43. The van der Waals surface area contributed by atoms with Gasteiger partial charge >= 0.3 is 0 Å². The van der Waals surface area contributed by atoms with E-state index in [2.05, 4.69) is 10.3 Å². The lowest BCUT2D eigenvalue weighted by molar-refractivity contribution is -0.114. The highest BCUT2D eigenvalue weighted by Crippen LogP contribution is 2.40. The smallest absolute Gasteiger partial charge is 0.232 e. The fourth-order valence-corrected chi connectivity index (χ4v) is 2.91. The molecule has 1 amide bonds. The van der Waals surface area contributed by atoms with Gasteiger partial charge in [-0.25, -0.2) is 13.8 Å². The SMILES string of the molecule is C[C](C)C(=O)Nc1nc(-c2ccc(F)cc2)c(Oc2ccc(F)cc2)s1. The van der Waals surface area contributed by atoms with Gasteiger partial charge in [-0.15, -0.1) is 0 Å². The Labute approximate surface area is 153 Å². The van der Waals surface area contributed by atoms with Crippen molar-refractivity contribution in [3.8, 4) is 22.1 Å². The lowest BCUT2D eigenvalue weighted by Gasteiger charge is -2.05. The first-order chi connectivity index (χ1) is 12.4. The van der Waals surface area contributed by atoms with Gasteiger partial charge in [-0.1, -0.05) is 11.3 Å². The Hall–Kier alpha value is -2.80. The van der Waals surface area contributed by atoms with Gasteiger partial charge in [0, 0.05) is 5.56 Å². The molecule has 0 saturated carbocycles. The number of ether oxygens (including phenoxy) is 1. The molecule has 26 heavy (non-hydrogen) atoms. The third-order valence-corrected chi connectivity index (χ3v) is 4.26. The Bertz CT molecular complexity index is 906. The van der Waals surface area contributed by atoms with Crippen molar-refractivity contribution in [3.05, 3.63) is 66.1 Å². The molecule has 0 atom stereocenters.